The molecule has 2 rings (SSSR count). The standard InChI is InChI=1S/C13H14Br2N2/c1-2-17-6-5-10(9-17)8-16-13-4-3-11(14)7-12(13)15/h3-7,9,16H,2,8H2,1H3. The molecule has 0 aliphatic heterocycles. The molecule has 4 heteroatoms. The highest BCUT2D eigenvalue weighted by molar-refractivity contribution is 9.11. The largest absolute Gasteiger partial charge is 0.380 e. The van der Waals surface area contributed by atoms with Crippen LogP contribution in [0, 0.1) is 0 Å². The van der Waals surface area contributed by atoms with Crippen LogP contribution in [0.25, 0.3) is 0 Å². The number of aryl methyl sites for hydroxylation is 1. The van der Waals surface area contributed by atoms with Crippen molar-refractivity contribution in [1.29, 1.82) is 0 Å². The van der Waals surface area contributed by atoms with Crippen LogP contribution in [0.3, 0.4) is 0 Å². The molecular formula is C13H14Br2N2. The zero-order valence-electron chi connectivity index (χ0n) is 9.58. The fourth-order valence-corrected chi connectivity index (χ4v) is 2.81. The third-order valence-corrected chi connectivity index (χ3v) is 3.74. The lowest BCUT2D eigenvalue weighted by Gasteiger charge is -2.07. The van der Waals surface area contributed by atoms with Crippen molar-refractivity contribution in [2.45, 2.75) is 20.0 Å². The van der Waals surface area contributed by atoms with E-state index in [2.05, 4.69) is 73.2 Å². The fourth-order valence-electron chi connectivity index (χ4n) is 1.62. The van der Waals surface area contributed by atoms with Crippen molar-refractivity contribution < 1.29 is 0 Å². The Bertz CT molecular complexity index is 506. The van der Waals surface area contributed by atoms with Gasteiger partial charge in [-0.2, -0.15) is 0 Å². The average molecular weight is 358 g/mol. The van der Waals surface area contributed by atoms with Gasteiger partial charge in [0.25, 0.3) is 0 Å². The summed E-state index contributed by atoms with van der Waals surface area (Å²) in [6.45, 7) is 4.00. The van der Waals surface area contributed by atoms with Crippen LogP contribution in [0.1, 0.15) is 12.5 Å². The molecule has 2 nitrogen and oxygen atoms in total. The van der Waals surface area contributed by atoms with E-state index in [-0.39, 0.29) is 0 Å². The van der Waals surface area contributed by atoms with Crippen molar-refractivity contribution in [3.8, 4) is 0 Å². The first-order valence-electron chi connectivity index (χ1n) is 5.52. The Balaban J connectivity index is 2.02. The number of anilines is 1. The van der Waals surface area contributed by atoms with E-state index in [9.17, 15) is 0 Å². The summed E-state index contributed by atoms with van der Waals surface area (Å²) in [5, 5.41) is 3.41. The van der Waals surface area contributed by atoms with Crippen molar-refractivity contribution in [3.63, 3.8) is 0 Å². The zero-order valence-corrected chi connectivity index (χ0v) is 12.8. The van der Waals surface area contributed by atoms with Crippen molar-refractivity contribution in [1.82, 2.24) is 4.57 Å². The quantitative estimate of drug-likeness (QED) is 0.842. The second-order valence-corrected chi connectivity index (χ2v) is 5.60. The topological polar surface area (TPSA) is 17.0 Å². The van der Waals surface area contributed by atoms with Gasteiger partial charge in [0.1, 0.15) is 0 Å². The average Bonchev–Trinajstić information content (AvgIpc) is 2.76. The Morgan fingerprint density at radius 1 is 1.24 bits per heavy atom. The van der Waals surface area contributed by atoms with Crippen LogP contribution in [0.15, 0.2) is 45.6 Å². The molecule has 0 unspecified atom stereocenters. The number of aromatic nitrogens is 1. The van der Waals surface area contributed by atoms with Crippen molar-refractivity contribution in [2.24, 2.45) is 0 Å². The van der Waals surface area contributed by atoms with Gasteiger partial charge in [-0.05, 0) is 52.7 Å². The monoisotopic (exact) mass is 356 g/mol. The molecule has 0 aliphatic carbocycles. The minimum atomic E-state index is 0.841. The molecule has 90 valence electrons. The van der Waals surface area contributed by atoms with Crippen molar-refractivity contribution in [3.05, 3.63) is 51.2 Å². The lowest BCUT2D eigenvalue weighted by molar-refractivity contribution is 0.766. The summed E-state index contributed by atoms with van der Waals surface area (Å²) < 4.78 is 4.32. The van der Waals surface area contributed by atoms with E-state index in [0.717, 1.165) is 27.7 Å². The molecule has 17 heavy (non-hydrogen) atoms. The molecule has 1 aromatic carbocycles. The number of benzene rings is 1. The molecular weight excluding hydrogens is 344 g/mol. The van der Waals surface area contributed by atoms with Gasteiger partial charge in [0, 0.05) is 40.1 Å². The molecule has 0 aliphatic rings. The van der Waals surface area contributed by atoms with E-state index in [1.165, 1.54) is 5.56 Å². The third kappa shape index (κ3) is 3.36. The highest BCUT2D eigenvalue weighted by atomic mass is 79.9. The lowest BCUT2D eigenvalue weighted by atomic mass is 10.3. The van der Waals surface area contributed by atoms with Gasteiger partial charge in [0.15, 0.2) is 0 Å². The van der Waals surface area contributed by atoms with Gasteiger partial charge in [-0.3, -0.25) is 0 Å². The maximum atomic E-state index is 3.54. The Hall–Kier alpha value is -0.740. The maximum absolute atomic E-state index is 3.54. The van der Waals surface area contributed by atoms with Gasteiger partial charge in [-0.15, -0.1) is 0 Å². The summed E-state index contributed by atoms with van der Waals surface area (Å²) in [6.07, 6.45) is 4.27. The number of nitrogens with one attached hydrogen (secondary N) is 1. The molecule has 0 bridgehead atoms. The third-order valence-electron chi connectivity index (χ3n) is 2.59. The Morgan fingerprint density at radius 2 is 2.06 bits per heavy atom. The molecule has 1 heterocycles. The molecule has 0 amide bonds. The van der Waals surface area contributed by atoms with Crippen LogP contribution in [-0.4, -0.2) is 4.57 Å². The summed E-state index contributed by atoms with van der Waals surface area (Å²) in [7, 11) is 0. The van der Waals surface area contributed by atoms with Crippen LogP contribution >= 0.6 is 31.9 Å². The van der Waals surface area contributed by atoms with E-state index in [0.29, 0.717) is 0 Å². The van der Waals surface area contributed by atoms with E-state index >= 15 is 0 Å². The summed E-state index contributed by atoms with van der Waals surface area (Å²) in [4.78, 5) is 0. The van der Waals surface area contributed by atoms with E-state index in [1.807, 2.05) is 12.1 Å². The second kappa shape index (κ2) is 5.74. The lowest BCUT2D eigenvalue weighted by Crippen LogP contribution is -1.99. The molecule has 0 fully saturated rings. The molecule has 0 saturated heterocycles. The molecule has 1 aromatic heterocycles. The van der Waals surface area contributed by atoms with E-state index in [1.54, 1.807) is 0 Å². The highest BCUT2D eigenvalue weighted by Gasteiger charge is 2.01. The summed E-state index contributed by atoms with van der Waals surface area (Å²) in [5.74, 6) is 0. The Labute approximate surface area is 118 Å². The first-order valence-corrected chi connectivity index (χ1v) is 7.11. The fraction of sp³-hybridized carbons (Fsp3) is 0.231. The number of nitrogens with zero attached hydrogens (tertiary/aromatic N) is 1. The minimum Gasteiger partial charge on any atom is -0.380 e. The molecule has 0 saturated carbocycles. The first kappa shape index (κ1) is 12.7. The molecule has 0 atom stereocenters. The van der Waals surface area contributed by atoms with Crippen molar-refractivity contribution in [2.75, 3.05) is 5.32 Å². The zero-order chi connectivity index (χ0) is 12.3. The maximum Gasteiger partial charge on any atom is 0.0488 e. The number of hydrogen-bond acceptors (Lipinski definition) is 1. The van der Waals surface area contributed by atoms with E-state index < -0.39 is 0 Å². The van der Waals surface area contributed by atoms with Gasteiger partial charge in [0.2, 0.25) is 0 Å². The minimum absolute atomic E-state index is 0.841. The predicted octanol–water partition coefficient (Wildman–Crippen LogP) is 4.65. The van der Waals surface area contributed by atoms with Gasteiger partial charge in [0.05, 0.1) is 0 Å². The van der Waals surface area contributed by atoms with Crippen LogP contribution in [0.2, 0.25) is 0 Å². The van der Waals surface area contributed by atoms with Gasteiger partial charge >= 0.3 is 0 Å². The number of halogens is 2. The summed E-state index contributed by atoms with van der Waals surface area (Å²) in [6, 6.07) is 8.28. The van der Waals surface area contributed by atoms with Gasteiger partial charge in [-0.1, -0.05) is 15.9 Å². The number of hydrogen-bond donors (Lipinski definition) is 1. The normalized spacial score (nSPS) is 10.5. The molecule has 0 radical (unpaired) electrons. The SMILES string of the molecule is CCn1ccc(CNc2ccc(Br)cc2Br)c1. The number of rotatable bonds is 4. The Kier molecular flexibility index (Phi) is 4.29. The predicted molar refractivity (Wildman–Crippen MR) is 79.3 cm³/mol. The molecule has 2 aromatic rings. The van der Waals surface area contributed by atoms with Crippen molar-refractivity contribution >= 4 is 37.5 Å². The van der Waals surface area contributed by atoms with E-state index in [4.69, 9.17) is 0 Å². The smallest absolute Gasteiger partial charge is 0.0488 e. The molecule has 1 N–H and O–H groups in total. The highest BCUT2D eigenvalue weighted by Crippen LogP contribution is 2.26. The molecule has 0 spiro atoms. The van der Waals surface area contributed by atoms with Gasteiger partial charge in [-0.25, -0.2) is 0 Å². The van der Waals surface area contributed by atoms with Crippen LogP contribution in [0.5, 0.6) is 0 Å². The summed E-state index contributed by atoms with van der Waals surface area (Å²) >= 11 is 6.99. The Morgan fingerprint density at radius 3 is 2.71 bits per heavy atom. The van der Waals surface area contributed by atoms with Gasteiger partial charge < -0.3 is 9.88 Å². The second-order valence-electron chi connectivity index (χ2n) is 3.83. The van der Waals surface area contributed by atoms with Crippen LogP contribution < -0.4 is 5.32 Å². The van der Waals surface area contributed by atoms with Crippen LogP contribution in [-0.2, 0) is 13.1 Å². The van der Waals surface area contributed by atoms with Crippen LogP contribution in [0.4, 0.5) is 5.69 Å². The first-order chi connectivity index (χ1) is 8.19. The summed E-state index contributed by atoms with van der Waals surface area (Å²) in [5.41, 5.74) is 2.40.